The first kappa shape index (κ1) is 22.6. The number of aliphatic hydroxyl groups excluding tert-OH is 1. The third kappa shape index (κ3) is 3.89. The van der Waals surface area contributed by atoms with Gasteiger partial charge in [0.15, 0.2) is 5.82 Å². The normalized spacial score (nSPS) is 18.3. The Bertz CT molecular complexity index is 1490. The maximum atomic E-state index is 10.0. The van der Waals surface area contributed by atoms with Crippen LogP contribution >= 0.6 is 0 Å². The minimum absolute atomic E-state index is 0.0756. The van der Waals surface area contributed by atoms with Gasteiger partial charge >= 0.3 is 0 Å². The SMILES string of the molecule is Nc1ccc2c(ccn2CC#Cc2cnc(N3CCC4(CC3)Cc3ccccc3[C@H]4N)c(CO)n2)c1. The number of fused-ring (bicyclic) bond motifs is 2. The van der Waals surface area contributed by atoms with Crippen LogP contribution in [0.5, 0.6) is 0 Å². The molecule has 0 radical (unpaired) electrons. The maximum Gasteiger partial charge on any atom is 0.152 e. The van der Waals surface area contributed by atoms with Gasteiger partial charge in [0.25, 0.3) is 0 Å². The second kappa shape index (κ2) is 8.98. The molecule has 7 nitrogen and oxygen atoms in total. The molecule has 182 valence electrons. The fraction of sp³-hybridized carbons (Fsp3) is 0.310. The van der Waals surface area contributed by atoms with E-state index in [1.165, 1.54) is 11.1 Å². The Morgan fingerprint density at radius 3 is 2.75 bits per heavy atom. The minimum atomic E-state index is -0.173. The smallest absolute Gasteiger partial charge is 0.152 e. The predicted molar refractivity (Wildman–Crippen MR) is 142 cm³/mol. The summed E-state index contributed by atoms with van der Waals surface area (Å²) in [5.74, 6) is 7.03. The Morgan fingerprint density at radius 1 is 1.11 bits per heavy atom. The van der Waals surface area contributed by atoms with Crippen molar-refractivity contribution in [1.82, 2.24) is 14.5 Å². The highest BCUT2D eigenvalue weighted by Gasteiger charge is 2.46. The van der Waals surface area contributed by atoms with Crippen molar-refractivity contribution in [2.45, 2.75) is 38.5 Å². The van der Waals surface area contributed by atoms with Crippen LogP contribution in [-0.4, -0.2) is 32.7 Å². The number of hydrogen-bond acceptors (Lipinski definition) is 6. The Labute approximate surface area is 210 Å². The van der Waals surface area contributed by atoms with E-state index in [1.54, 1.807) is 6.20 Å². The third-order valence-corrected chi connectivity index (χ3v) is 7.88. The molecular formula is C29H30N6O. The van der Waals surface area contributed by atoms with Crippen LogP contribution in [0.2, 0.25) is 0 Å². The van der Waals surface area contributed by atoms with Gasteiger partial charge in [-0.2, -0.15) is 0 Å². The molecule has 4 aromatic rings. The molecule has 1 fully saturated rings. The van der Waals surface area contributed by atoms with Crippen LogP contribution in [0.3, 0.4) is 0 Å². The van der Waals surface area contributed by atoms with Crippen LogP contribution in [-0.2, 0) is 19.6 Å². The zero-order valence-electron chi connectivity index (χ0n) is 20.2. The summed E-state index contributed by atoms with van der Waals surface area (Å²) in [5.41, 5.74) is 18.3. The average molecular weight is 479 g/mol. The first-order chi connectivity index (χ1) is 17.6. The predicted octanol–water partition coefficient (Wildman–Crippen LogP) is 3.40. The second-order valence-electron chi connectivity index (χ2n) is 9.95. The Balaban J connectivity index is 1.15. The van der Waals surface area contributed by atoms with E-state index in [4.69, 9.17) is 11.5 Å². The maximum absolute atomic E-state index is 10.0. The number of aromatic nitrogens is 3. The average Bonchev–Trinajstić information content (AvgIpc) is 3.42. The number of benzene rings is 2. The molecule has 1 aliphatic heterocycles. The lowest BCUT2D eigenvalue weighted by Gasteiger charge is -2.42. The number of nitrogens with zero attached hydrogens (tertiary/aromatic N) is 4. The van der Waals surface area contributed by atoms with E-state index in [-0.39, 0.29) is 18.1 Å². The summed E-state index contributed by atoms with van der Waals surface area (Å²) in [5, 5.41) is 11.1. The molecular weight excluding hydrogens is 448 g/mol. The Morgan fingerprint density at radius 2 is 1.94 bits per heavy atom. The van der Waals surface area contributed by atoms with Crippen molar-refractivity contribution in [2.24, 2.45) is 11.1 Å². The highest BCUT2D eigenvalue weighted by Crippen LogP contribution is 2.51. The molecule has 0 bridgehead atoms. The van der Waals surface area contributed by atoms with E-state index in [2.05, 4.69) is 55.5 Å². The Kier molecular flexibility index (Phi) is 5.63. The zero-order chi connectivity index (χ0) is 24.7. The number of anilines is 2. The summed E-state index contributed by atoms with van der Waals surface area (Å²) in [6.45, 7) is 2.05. The molecule has 2 aromatic heterocycles. The fourth-order valence-corrected chi connectivity index (χ4v) is 5.89. The number of rotatable bonds is 3. The molecule has 5 N–H and O–H groups in total. The lowest BCUT2D eigenvalue weighted by atomic mass is 9.73. The van der Waals surface area contributed by atoms with Gasteiger partial charge < -0.3 is 26.0 Å². The summed E-state index contributed by atoms with van der Waals surface area (Å²) in [6.07, 6.45) is 6.73. The first-order valence-electron chi connectivity index (χ1n) is 12.4. The Hall–Kier alpha value is -3.86. The number of nitrogens with two attached hydrogens (primary N) is 2. The number of nitrogen functional groups attached to an aromatic ring is 1. The largest absolute Gasteiger partial charge is 0.399 e. The molecule has 36 heavy (non-hydrogen) atoms. The van der Waals surface area contributed by atoms with Gasteiger partial charge in [-0.1, -0.05) is 30.2 Å². The van der Waals surface area contributed by atoms with E-state index in [1.807, 2.05) is 30.5 Å². The summed E-state index contributed by atoms with van der Waals surface area (Å²) >= 11 is 0. The summed E-state index contributed by atoms with van der Waals surface area (Å²) < 4.78 is 2.08. The van der Waals surface area contributed by atoms with E-state index in [0.29, 0.717) is 17.9 Å². The van der Waals surface area contributed by atoms with Crippen LogP contribution in [0, 0.1) is 17.3 Å². The lowest BCUT2D eigenvalue weighted by molar-refractivity contribution is 0.186. The molecule has 2 aromatic carbocycles. The van der Waals surface area contributed by atoms with E-state index in [0.717, 1.165) is 54.8 Å². The van der Waals surface area contributed by atoms with Crippen molar-refractivity contribution in [1.29, 1.82) is 0 Å². The van der Waals surface area contributed by atoms with Crippen molar-refractivity contribution in [2.75, 3.05) is 23.7 Å². The molecule has 7 heteroatoms. The molecule has 1 spiro atoms. The van der Waals surface area contributed by atoms with Crippen LogP contribution in [0.4, 0.5) is 11.5 Å². The van der Waals surface area contributed by atoms with Crippen molar-refractivity contribution in [3.63, 3.8) is 0 Å². The molecule has 6 rings (SSSR count). The van der Waals surface area contributed by atoms with Gasteiger partial charge in [-0.3, -0.25) is 0 Å². The van der Waals surface area contributed by atoms with E-state index in [9.17, 15) is 5.11 Å². The highest BCUT2D eigenvalue weighted by molar-refractivity contribution is 5.83. The molecule has 2 aliphatic rings. The number of hydrogen-bond donors (Lipinski definition) is 3. The van der Waals surface area contributed by atoms with Gasteiger partial charge in [-0.05, 0) is 66.0 Å². The van der Waals surface area contributed by atoms with Crippen molar-refractivity contribution >= 4 is 22.4 Å². The van der Waals surface area contributed by atoms with Gasteiger partial charge in [-0.25, -0.2) is 9.97 Å². The van der Waals surface area contributed by atoms with Crippen molar-refractivity contribution < 1.29 is 5.11 Å². The molecule has 1 aliphatic carbocycles. The van der Waals surface area contributed by atoms with E-state index >= 15 is 0 Å². The van der Waals surface area contributed by atoms with Gasteiger partial charge in [0.1, 0.15) is 11.4 Å². The number of aliphatic hydroxyl groups is 1. The third-order valence-electron chi connectivity index (χ3n) is 7.88. The molecule has 1 atom stereocenters. The second-order valence-corrected chi connectivity index (χ2v) is 9.95. The summed E-state index contributed by atoms with van der Waals surface area (Å²) in [7, 11) is 0. The summed E-state index contributed by atoms with van der Waals surface area (Å²) in [6, 6.07) is 16.5. The van der Waals surface area contributed by atoms with Crippen LogP contribution < -0.4 is 16.4 Å². The number of piperidine rings is 1. The van der Waals surface area contributed by atoms with Gasteiger partial charge in [0.2, 0.25) is 0 Å². The molecule has 3 heterocycles. The van der Waals surface area contributed by atoms with Gasteiger partial charge in [0.05, 0.1) is 19.3 Å². The zero-order valence-corrected chi connectivity index (χ0v) is 20.2. The van der Waals surface area contributed by atoms with Crippen LogP contribution in [0.1, 0.15) is 41.4 Å². The molecule has 0 saturated carbocycles. The van der Waals surface area contributed by atoms with Crippen LogP contribution in [0.15, 0.2) is 60.9 Å². The molecule has 1 saturated heterocycles. The first-order valence-corrected chi connectivity index (χ1v) is 12.4. The quantitative estimate of drug-likeness (QED) is 0.308. The highest BCUT2D eigenvalue weighted by atomic mass is 16.3. The molecule has 0 unspecified atom stereocenters. The lowest BCUT2D eigenvalue weighted by Crippen LogP contribution is -2.45. The van der Waals surface area contributed by atoms with Gasteiger partial charge in [-0.15, -0.1) is 0 Å². The minimum Gasteiger partial charge on any atom is -0.399 e. The van der Waals surface area contributed by atoms with Crippen LogP contribution in [0.25, 0.3) is 10.9 Å². The van der Waals surface area contributed by atoms with E-state index < -0.39 is 0 Å². The molecule has 0 amide bonds. The van der Waals surface area contributed by atoms with Crippen molar-refractivity contribution in [3.05, 3.63) is 83.4 Å². The topological polar surface area (TPSA) is 106 Å². The van der Waals surface area contributed by atoms with Crippen molar-refractivity contribution in [3.8, 4) is 11.8 Å². The fourth-order valence-electron chi connectivity index (χ4n) is 5.89. The van der Waals surface area contributed by atoms with Gasteiger partial charge in [0, 0.05) is 41.9 Å². The standard InChI is InChI=1S/C29H30N6O/c30-22-7-8-26-20(16-22)9-13-34(26)12-3-5-23-18-32-28(25(19-36)33-23)35-14-10-29(11-15-35)17-21-4-1-2-6-24(21)27(29)31/h1-2,4,6-9,13,16,18,27,36H,10-12,14-15,17,19,30-31H2/t27-/m1/s1. The summed E-state index contributed by atoms with van der Waals surface area (Å²) in [4.78, 5) is 11.5. The monoisotopic (exact) mass is 478 g/mol.